The molecule has 0 radical (unpaired) electrons. The number of nitrogens with zero attached hydrogens (tertiary/aromatic N) is 2. The van der Waals surface area contributed by atoms with Gasteiger partial charge < -0.3 is 23.9 Å². The first-order valence-electron chi connectivity index (χ1n) is 12.8. The number of hydrogen-bond acceptors (Lipinski definition) is 7. The fourth-order valence-corrected chi connectivity index (χ4v) is 4.91. The highest BCUT2D eigenvalue weighted by molar-refractivity contribution is 6.46. The molecule has 0 spiro atoms. The average molecular weight is 517 g/mol. The number of ether oxygens (including phenoxy) is 2. The number of furan rings is 1. The normalized spacial score (nSPS) is 19.7. The summed E-state index contributed by atoms with van der Waals surface area (Å²) in [5.74, 6) is 0.145. The summed E-state index contributed by atoms with van der Waals surface area (Å²) in [6, 6.07) is 17.7. The monoisotopic (exact) mass is 516 g/mol. The summed E-state index contributed by atoms with van der Waals surface area (Å²) in [7, 11) is 0. The first kappa shape index (κ1) is 25.8. The maximum atomic E-state index is 13.2. The third-order valence-corrected chi connectivity index (χ3v) is 6.95. The van der Waals surface area contributed by atoms with E-state index in [1.165, 1.54) is 4.90 Å². The predicted molar refractivity (Wildman–Crippen MR) is 142 cm³/mol. The van der Waals surface area contributed by atoms with Gasteiger partial charge in [-0.2, -0.15) is 0 Å². The summed E-state index contributed by atoms with van der Waals surface area (Å²) in [4.78, 5) is 30.1. The molecule has 3 heterocycles. The number of aliphatic hydroxyl groups excluding tert-OH is 1. The fourth-order valence-electron chi connectivity index (χ4n) is 4.91. The number of likely N-dealkylation sites (tertiary alicyclic amines) is 1. The minimum atomic E-state index is -0.804. The number of rotatable bonds is 8. The summed E-state index contributed by atoms with van der Waals surface area (Å²) < 4.78 is 17.2. The molecule has 38 heavy (non-hydrogen) atoms. The molecule has 8 nitrogen and oxygen atoms in total. The van der Waals surface area contributed by atoms with Crippen molar-refractivity contribution in [2.75, 3.05) is 39.4 Å². The Balaban J connectivity index is 1.39. The highest BCUT2D eigenvalue weighted by Crippen LogP contribution is 2.40. The van der Waals surface area contributed by atoms with Crippen LogP contribution in [0.25, 0.3) is 5.76 Å². The van der Waals surface area contributed by atoms with E-state index in [4.69, 9.17) is 13.9 Å². The lowest BCUT2D eigenvalue weighted by atomic mass is 9.99. The van der Waals surface area contributed by atoms with E-state index in [9.17, 15) is 14.7 Å². The van der Waals surface area contributed by atoms with Crippen LogP contribution in [0, 0.1) is 13.8 Å². The molecule has 3 aromatic rings. The highest BCUT2D eigenvalue weighted by atomic mass is 16.5. The minimum Gasteiger partial charge on any atom is -0.507 e. The third-order valence-electron chi connectivity index (χ3n) is 6.95. The second-order valence-corrected chi connectivity index (χ2v) is 9.70. The maximum absolute atomic E-state index is 13.2. The Morgan fingerprint density at radius 2 is 1.76 bits per heavy atom. The number of aryl methyl sites for hydroxylation is 2. The van der Waals surface area contributed by atoms with Crippen LogP contribution in [0.5, 0.6) is 5.75 Å². The molecule has 2 aliphatic rings. The first-order valence-corrected chi connectivity index (χ1v) is 12.8. The second kappa shape index (κ2) is 11.2. The van der Waals surface area contributed by atoms with Crippen LogP contribution in [-0.4, -0.2) is 66.0 Å². The summed E-state index contributed by atoms with van der Waals surface area (Å²) in [5.41, 5.74) is 2.67. The number of hydrogen-bond donors (Lipinski definition) is 1. The molecule has 0 bridgehead atoms. The van der Waals surface area contributed by atoms with Crippen LogP contribution >= 0.6 is 0 Å². The van der Waals surface area contributed by atoms with Crippen LogP contribution in [0.4, 0.5) is 0 Å². The van der Waals surface area contributed by atoms with Gasteiger partial charge in [0.05, 0.1) is 18.8 Å². The smallest absolute Gasteiger partial charge is 0.295 e. The number of aliphatic hydroxyl groups is 1. The summed E-state index contributed by atoms with van der Waals surface area (Å²) in [6.45, 7) is 8.01. The average Bonchev–Trinajstić information content (AvgIpc) is 3.47. The fraction of sp³-hybridized carbons (Fsp3) is 0.333. The summed E-state index contributed by atoms with van der Waals surface area (Å²) >= 11 is 0. The molecule has 1 amide bonds. The predicted octanol–water partition coefficient (Wildman–Crippen LogP) is 4.23. The Bertz CT molecular complexity index is 1340. The van der Waals surface area contributed by atoms with Crippen molar-refractivity contribution in [2.24, 2.45) is 0 Å². The molecule has 2 aliphatic heterocycles. The van der Waals surface area contributed by atoms with Gasteiger partial charge in [0.1, 0.15) is 35.7 Å². The zero-order valence-electron chi connectivity index (χ0n) is 21.7. The Morgan fingerprint density at radius 3 is 2.45 bits per heavy atom. The van der Waals surface area contributed by atoms with Crippen molar-refractivity contribution in [3.8, 4) is 5.75 Å². The molecule has 2 saturated heterocycles. The van der Waals surface area contributed by atoms with Gasteiger partial charge >= 0.3 is 0 Å². The van der Waals surface area contributed by atoms with Crippen molar-refractivity contribution >= 4 is 17.4 Å². The lowest BCUT2D eigenvalue weighted by molar-refractivity contribution is -0.140. The number of carbonyl (C=O) groups excluding carboxylic acids is 2. The van der Waals surface area contributed by atoms with E-state index in [2.05, 4.69) is 11.0 Å². The van der Waals surface area contributed by atoms with Gasteiger partial charge in [-0.3, -0.25) is 14.5 Å². The molecule has 2 aromatic carbocycles. The van der Waals surface area contributed by atoms with Gasteiger partial charge in [0, 0.05) is 31.7 Å². The lowest BCUT2D eigenvalue weighted by Crippen LogP contribution is -2.42. The topological polar surface area (TPSA) is 92.5 Å². The number of carbonyl (C=O) groups is 2. The van der Waals surface area contributed by atoms with Gasteiger partial charge in [-0.25, -0.2) is 0 Å². The quantitative estimate of drug-likeness (QED) is 0.272. The minimum absolute atomic E-state index is 0.0276. The lowest BCUT2D eigenvalue weighted by Gasteiger charge is -2.30. The van der Waals surface area contributed by atoms with Gasteiger partial charge in [0.15, 0.2) is 0 Å². The van der Waals surface area contributed by atoms with Gasteiger partial charge in [-0.05, 0) is 55.8 Å². The number of Topliss-reactive ketones (excluding diaryl/α,β-unsaturated/α-hetero) is 1. The zero-order valence-corrected chi connectivity index (χ0v) is 21.7. The molecule has 1 aromatic heterocycles. The maximum Gasteiger partial charge on any atom is 0.295 e. The molecule has 0 aliphatic carbocycles. The van der Waals surface area contributed by atoms with Gasteiger partial charge in [-0.15, -0.1) is 0 Å². The Labute approximate surface area is 222 Å². The van der Waals surface area contributed by atoms with E-state index in [1.54, 1.807) is 43.3 Å². The Kier molecular flexibility index (Phi) is 7.62. The van der Waals surface area contributed by atoms with Crippen LogP contribution in [0.1, 0.15) is 34.3 Å². The van der Waals surface area contributed by atoms with E-state index >= 15 is 0 Å². The largest absolute Gasteiger partial charge is 0.507 e. The zero-order chi connectivity index (χ0) is 26.6. The van der Waals surface area contributed by atoms with Crippen LogP contribution < -0.4 is 4.74 Å². The van der Waals surface area contributed by atoms with Gasteiger partial charge in [-0.1, -0.05) is 29.8 Å². The molecule has 1 N–H and O–H groups in total. The molecule has 1 unspecified atom stereocenters. The van der Waals surface area contributed by atoms with E-state index in [0.717, 1.165) is 24.2 Å². The molecule has 2 fully saturated rings. The standard InChI is InChI=1S/C30H32N2O6/c1-20-4-3-5-22(18-20)19-37-24-9-7-23(8-10-24)28(33)26-27(25-11-6-21(2)38-25)32(30(35)29(26)34)13-12-31-14-16-36-17-15-31/h3-11,18,27,33H,12-17,19H2,1-2H3/b28-26+. The van der Waals surface area contributed by atoms with Crippen molar-refractivity contribution in [2.45, 2.75) is 26.5 Å². The Hall–Kier alpha value is -3.88. The molecule has 5 rings (SSSR count). The SMILES string of the molecule is Cc1cccc(COc2ccc(/C(O)=C3\C(=O)C(=O)N(CCN4CCOCC4)C3c3ccc(C)o3)cc2)c1. The number of morpholine rings is 1. The van der Waals surface area contributed by atoms with E-state index < -0.39 is 17.7 Å². The molecular formula is C30H32N2O6. The number of amides is 1. The third kappa shape index (κ3) is 5.51. The highest BCUT2D eigenvalue weighted by Gasteiger charge is 2.47. The second-order valence-electron chi connectivity index (χ2n) is 9.70. The van der Waals surface area contributed by atoms with Crippen molar-refractivity contribution < 1.29 is 28.6 Å². The van der Waals surface area contributed by atoms with Crippen molar-refractivity contribution in [1.29, 1.82) is 0 Å². The van der Waals surface area contributed by atoms with Gasteiger partial charge in [0.25, 0.3) is 11.7 Å². The van der Waals surface area contributed by atoms with Crippen LogP contribution in [0.15, 0.2) is 70.7 Å². The van der Waals surface area contributed by atoms with Crippen molar-refractivity contribution in [1.82, 2.24) is 9.80 Å². The Morgan fingerprint density at radius 1 is 1.00 bits per heavy atom. The summed E-state index contributed by atoms with van der Waals surface area (Å²) in [6.07, 6.45) is 0. The van der Waals surface area contributed by atoms with Crippen LogP contribution in [-0.2, 0) is 20.9 Å². The molecule has 0 saturated carbocycles. The van der Waals surface area contributed by atoms with E-state index in [0.29, 0.717) is 55.7 Å². The van der Waals surface area contributed by atoms with E-state index in [-0.39, 0.29) is 11.3 Å². The van der Waals surface area contributed by atoms with Gasteiger partial charge in [0.2, 0.25) is 0 Å². The van der Waals surface area contributed by atoms with Crippen LogP contribution in [0.2, 0.25) is 0 Å². The van der Waals surface area contributed by atoms with Crippen molar-refractivity contribution in [3.63, 3.8) is 0 Å². The molecule has 198 valence electrons. The number of ketones is 1. The molecule has 1 atom stereocenters. The van der Waals surface area contributed by atoms with Crippen molar-refractivity contribution in [3.05, 3.63) is 94.4 Å². The molecular weight excluding hydrogens is 484 g/mol. The first-order chi connectivity index (χ1) is 18.4. The van der Waals surface area contributed by atoms with E-state index in [1.807, 2.05) is 25.1 Å². The number of benzene rings is 2. The summed E-state index contributed by atoms with van der Waals surface area (Å²) in [5, 5.41) is 11.3. The molecule has 8 heteroatoms. The van der Waals surface area contributed by atoms with Crippen LogP contribution in [0.3, 0.4) is 0 Å².